The van der Waals surface area contributed by atoms with Crippen molar-refractivity contribution in [2.24, 2.45) is 0 Å². The molecule has 0 saturated heterocycles. The lowest BCUT2D eigenvalue weighted by molar-refractivity contribution is -0.140. The molecule has 258 valence electrons. The van der Waals surface area contributed by atoms with Crippen LogP contribution in [0.5, 0.6) is 0 Å². The fraction of sp³-hybridized carbons (Fsp3) is 0.297. The summed E-state index contributed by atoms with van der Waals surface area (Å²) in [6, 6.07) is 25.2. The van der Waals surface area contributed by atoms with E-state index in [0.29, 0.717) is 15.9 Å². The summed E-state index contributed by atoms with van der Waals surface area (Å²) in [5, 5.41) is 2.48. The average Bonchev–Trinajstić information content (AvgIpc) is 3.59. The Labute approximate surface area is 289 Å². The van der Waals surface area contributed by atoms with Crippen LogP contribution in [0.4, 0.5) is 18.9 Å². The molecule has 1 aliphatic rings. The zero-order chi connectivity index (χ0) is 35.2. The molecular weight excluding hydrogens is 675 g/mol. The smallest absolute Gasteiger partial charge is 0.352 e. The number of carbonyl (C=O) groups is 2. The number of hydrogen-bond acceptors (Lipinski definition) is 4. The third-order valence-corrected chi connectivity index (χ3v) is 10.7. The summed E-state index contributed by atoms with van der Waals surface area (Å²) in [5.41, 5.74) is 0.733. The molecule has 0 aliphatic heterocycles. The van der Waals surface area contributed by atoms with Gasteiger partial charge in [0, 0.05) is 19.0 Å². The Morgan fingerprint density at radius 1 is 0.878 bits per heavy atom. The van der Waals surface area contributed by atoms with Crippen molar-refractivity contribution in [1.29, 1.82) is 0 Å². The molecule has 7 nitrogen and oxygen atoms in total. The van der Waals surface area contributed by atoms with E-state index in [4.69, 9.17) is 11.6 Å². The fourth-order valence-electron chi connectivity index (χ4n) is 6.06. The molecule has 1 fully saturated rings. The van der Waals surface area contributed by atoms with Crippen molar-refractivity contribution in [2.45, 2.75) is 68.7 Å². The Balaban J connectivity index is 1.61. The van der Waals surface area contributed by atoms with Crippen LogP contribution in [-0.4, -0.2) is 43.8 Å². The van der Waals surface area contributed by atoms with E-state index >= 15 is 0 Å². The Bertz CT molecular complexity index is 1870. The molecule has 1 aliphatic carbocycles. The van der Waals surface area contributed by atoms with Crippen LogP contribution in [0.1, 0.15) is 47.9 Å². The van der Waals surface area contributed by atoms with Crippen molar-refractivity contribution in [3.05, 3.63) is 130 Å². The number of hydrogen-bond donors (Lipinski definition) is 1. The number of nitrogens with one attached hydrogen (secondary N) is 1. The van der Waals surface area contributed by atoms with Crippen molar-refractivity contribution >= 4 is 39.1 Å². The van der Waals surface area contributed by atoms with Gasteiger partial charge in [0.1, 0.15) is 12.6 Å². The molecule has 1 atom stereocenters. The number of aryl methyl sites for hydroxylation is 1. The predicted molar refractivity (Wildman–Crippen MR) is 183 cm³/mol. The Hall–Kier alpha value is -4.35. The molecule has 1 saturated carbocycles. The third-order valence-electron chi connectivity index (χ3n) is 8.56. The van der Waals surface area contributed by atoms with E-state index < -0.39 is 51.0 Å². The van der Waals surface area contributed by atoms with Gasteiger partial charge in [-0.3, -0.25) is 13.9 Å². The fourth-order valence-corrected chi connectivity index (χ4v) is 7.71. The van der Waals surface area contributed by atoms with Crippen LogP contribution in [0.15, 0.2) is 108 Å². The minimum Gasteiger partial charge on any atom is -0.352 e. The summed E-state index contributed by atoms with van der Waals surface area (Å²) in [6.07, 6.45) is -1.23. The van der Waals surface area contributed by atoms with Gasteiger partial charge in [0.15, 0.2) is 0 Å². The Morgan fingerprint density at radius 2 is 1.51 bits per heavy atom. The van der Waals surface area contributed by atoms with Crippen molar-refractivity contribution in [3.63, 3.8) is 0 Å². The second-order valence-electron chi connectivity index (χ2n) is 12.2. The normalized spacial score (nSPS) is 14.3. The predicted octanol–water partition coefficient (Wildman–Crippen LogP) is 7.56. The van der Waals surface area contributed by atoms with Crippen LogP contribution < -0.4 is 9.62 Å². The number of nitrogens with zero attached hydrogens (tertiary/aromatic N) is 2. The summed E-state index contributed by atoms with van der Waals surface area (Å²) in [4.78, 5) is 29.8. The Morgan fingerprint density at radius 3 is 2.14 bits per heavy atom. The van der Waals surface area contributed by atoms with E-state index in [-0.39, 0.29) is 29.8 Å². The number of amides is 2. The molecule has 0 bridgehead atoms. The van der Waals surface area contributed by atoms with Gasteiger partial charge >= 0.3 is 6.18 Å². The number of anilines is 1. The van der Waals surface area contributed by atoms with Crippen molar-refractivity contribution in [1.82, 2.24) is 10.2 Å². The largest absolute Gasteiger partial charge is 0.417 e. The average molecular weight is 712 g/mol. The number of carbonyl (C=O) groups excluding carboxylic acids is 2. The van der Waals surface area contributed by atoms with Gasteiger partial charge in [-0.15, -0.1) is 0 Å². The lowest BCUT2D eigenvalue weighted by atomic mass is 10.0. The zero-order valence-corrected chi connectivity index (χ0v) is 28.4. The molecule has 4 aromatic carbocycles. The van der Waals surface area contributed by atoms with Crippen LogP contribution in [-0.2, 0) is 38.8 Å². The van der Waals surface area contributed by atoms with Crippen molar-refractivity contribution in [3.8, 4) is 0 Å². The van der Waals surface area contributed by atoms with Gasteiger partial charge in [0.25, 0.3) is 10.0 Å². The van der Waals surface area contributed by atoms with Crippen LogP contribution in [0.2, 0.25) is 5.02 Å². The van der Waals surface area contributed by atoms with Crippen molar-refractivity contribution in [2.75, 3.05) is 10.8 Å². The maximum atomic E-state index is 14.6. The van der Waals surface area contributed by atoms with Gasteiger partial charge in [-0.2, -0.15) is 13.2 Å². The second kappa shape index (κ2) is 15.5. The topological polar surface area (TPSA) is 86.8 Å². The summed E-state index contributed by atoms with van der Waals surface area (Å²) >= 11 is 5.89. The molecule has 2 amide bonds. The highest BCUT2D eigenvalue weighted by atomic mass is 35.5. The van der Waals surface area contributed by atoms with E-state index in [1.807, 2.05) is 55.5 Å². The number of alkyl halides is 3. The monoisotopic (exact) mass is 711 g/mol. The molecule has 4 aromatic rings. The molecule has 0 aromatic heterocycles. The lowest BCUT2D eigenvalue weighted by Crippen LogP contribution is -2.54. The highest BCUT2D eigenvalue weighted by molar-refractivity contribution is 7.92. The van der Waals surface area contributed by atoms with Crippen LogP contribution in [0.3, 0.4) is 0 Å². The molecule has 1 unspecified atom stereocenters. The molecule has 0 spiro atoms. The third kappa shape index (κ3) is 9.01. The summed E-state index contributed by atoms with van der Waals surface area (Å²) in [5.74, 6) is -1.16. The molecule has 0 heterocycles. The van der Waals surface area contributed by atoms with Gasteiger partial charge in [0.05, 0.1) is 21.2 Å². The van der Waals surface area contributed by atoms with Gasteiger partial charge in [-0.1, -0.05) is 103 Å². The minimum atomic E-state index is -4.89. The highest BCUT2D eigenvalue weighted by Gasteiger charge is 2.38. The summed E-state index contributed by atoms with van der Waals surface area (Å²) < 4.78 is 70.8. The van der Waals surface area contributed by atoms with E-state index in [1.165, 1.54) is 29.2 Å². The SMILES string of the molecule is Cc1cccc(CN(C(=O)CN(c2ccc(Cl)c(C(F)(F)F)c2)S(=O)(=O)c2ccccc2)C(Cc2ccccc2)C(=O)NC2CCCC2)c1. The lowest BCUT2D eigenvalue weighted by Gasteiger charge is -2.34. The molecule has 0 radical (unpaired) electrons. The van der Waals surface area contributed by atoms with E-state index in [1.54, 1.807) is 12.1 Å². The standard InChI is InChI=1S/C37H37ClF3N3O4S/c1-26-11-10-14-28(21-26)24-43(34(22-27-12-4-2-5-13-27)36(46)42-29-15-8-9-16-29)35(45)25-44(49(47,48)31-17-6-3-7-18-31)30-19-20-33(38)32(23-30)37(39,40)41/h2-7,10-14,17-21,23,29,34H,8-9,15-16,22,24-25H2,1H3,(H,42,46). The Kier molecular flexibility index (Phi) is 11.3. The van der Waals surface area contributed by atoms with E-state index in [2.05, 4.69) is 5.32 Å². The van der Waals surface area contributed by atoms with Gasteiger partial charge < -0.3 is 10.2 Å². The summed E-state index contributed by atoms with van der Waals surface area (Å²) in [7, 11) is -4.59. The second-order valence-corrected chi connectivity index (χ2v) is 14.5. The van der Waals surface area contributed by atoms with Crippen LogP contribution >= 0.6 is 11.6 Å². The quantitative estimate of drug-likeness (QED) is 0.164. The van der Waals surface area contributed by atoms with Crippen LogP contribution in [0, 0.1) is 6.92 Å². The first-order chi connectivity index (χ1) is 23.3. The molecule has 12 heteroatoms. The minimum absolute atomic E-state index is 0.0518. The van der Waals surface area contributed by atoms with Crippen molar-refractivity contribution < 1.29 is 31.2 Å². The number of sulfonamides is 1. The first-order valence-electron chi connectivity index (χ1n) is 16.0. The number of benzene rings is 4. The number of rotatable bonds is 12. The maximum absolute atomic E-state index is 14.6. The molecule has 5 rings (SSSR count). The van der Waals surface area contributed by atoms with E-state index in [0.717, 1.165) is 48.9 Å². The summed E-state index contributed by atoms with van der Waals surface area (Å²) in [6.45, 7) is 0.949. The number of halogens is 4. The van der Waals surface area contributed by atoms with Gasteiger partial charge in [-0.25, -0.2) is 8.42 Å². The zero-order valence-electron chi connectivity index (χ0n) is 26.9. The maximum Gasteiger partial charge on any atom is 0.417 e. The van der Waals surface area contributed by atoms with Gasteiger partial charge in [-0.05, 0) is 61.2 Å². The first kappa shape index (κ1) is 35.9. The highest BCUT2D eigenvalue weighted by Crippen LogP contribution is 2.38. The van der Waals surface area contributed by atoms with Crippen LogP contribution in [0.25, 0.3) is 0 Å². The molecular formula is C37H37ClF3N3O4S. The molecule has 49 heavy (non-hydrogen) atoms. The molecule has 1 N–H and O–H groups in total. The van der Waals surface area contributed by atoms with Gasteiger partial charge in [0.2, 0.25) is 11.8 Å². The van der Waals surface area contributed by atoms with E-state index in [9.17, 15) is 31.2 Å². The first-order valence-corrected chi connectivity index (χ1v) is 17.8.